The Balaban J connectivity index is 1.96. The minimum atomic E-state index is 0.809. The van der Waals surface area contributed by atoms with Crippen LogP contribution < -0.4 is 5.73 Å². The first-order chi connectivity index (χ1) is 7.24. The van der Waals surface area contributed by atoms with E-state index in [0.29, 0.717) is 0 Å². The van der Waals surface area contributed by atoms with Crippen LogP contribution in [0.2, 0.25) is 0 Å². The topological polar surface area (TPSA) is 38.9 Å². The van der Waals surface area contributed by atoms with Crippen molar-refractivity contribution in [1.82, 2.24) is 4.98 Å². The Morgan fingerprint density at radius 2 is 2.07 bits per heavy atom. The van der Waals surface area contributed by atoms with Crippen LogP contribution in [-0.4, -0.2) is 4.98 Å². The average Bonchev–Trinajstić information content (AvgIpc) is 2.64. The highest BCUT2D eigenvalue weighted by Gasteiger charge is 1.99. The van der Waals surface area contributed by atoms with Crippen LogP contribution in [0.3, 0.4) is 0 Å². The van der Waals surface area contributed by atoms with E-state index in [1.54, 1.807) is 23.1 Å². The first-order valence-corrected chi connectivity index (χ1v) is 6.50. The van der Waals surface area contributed by atoms with E-state index in [4.69, 9.17) is 5.73 Å². The highest BCUT2D eigenvalue weighted by molar-refractivity contribution is 7.98. The predicted octanol–water partition coefficient (Wildman–Crippen LogP) is 3.33. The molecule has 4 heteroatoms. The van der Waals surface area contributed by atoms with Gasteiger partial charge in [-0.1, -0.05) is 0 Å². The van der Waals surface area contributed by atoms with Crippen molar-refractivity contribution < 1.29 is 0 Å². The van der Waals surface area contributed by atoms with Gasteiger partial charge in [-0.25, -0.2) is 4.98 Å². The third-order valence-electron chi connectivity index (χ3n) is 1.93. The zero-order valence-corrected chi connectivity index (χ0v) is 10.1. The van der Waals surface area contributed by atoms with Crippen molar-refractivity contribution in [2.24, 2.45) is 0 Å². The molecule has 15 heavy (non-hydrogen) atoms. The standard InChI is InChI=1S/C11H12N2S2/c1-8-13-10(6-14-8)7-15-11-4-2-9(12)3-5-11/h2-6H,7,12H2,1H3. The van der Waals surface area contributed by atoms with Gasteiger partial charge in [-0.05, 0) is 31.2 Å². The summed E-state index contributed by atoms with van der Waals surface area (Å²) in [6.07, 6.45) is 0. The van der Waals surface area contributed by atoms with Crippen molar-refractivity contribution in [3.05, 3.63) is 40.3 Å². The lowest BCUT2D eigenvalue weighted by Crippen LogP contribution is -1.84. The van der Waals surface area contributed by atoms with Crippen molar-refractivity contribution in [3.8, 4) is 0 Å². The number of nitrogens with two attached hydrogens (primary N) is 1. The summed E-state index contributed by atoms with van der Waals surface area (Å²) >= 11 is 3.48. The molecule has 78 valence electrons. The summed E-state index contributed by atoms with van der Waals surface area (Å²) in [5.41, 5.74) is 7.58. The summed E-state index contributed by atoms with van der Waals surface area (Å²) in [7, 11) is 0. The lowest BCUT2D eigenvalue weighted by atomic mass is 10.3. The molecule has 2 nitrogen and oxygen atoms in total. The maximum absolute atomic E-state index is 5.62. The SMILES string of the molecule is Cc1nc(CSc2ccc(N)cc2)cs1. The van der Waals surface area contributed by atoms with Crippen LogP contribution in [0.5, 0.6) is 0 Å². The molecule has 1 aromatic carbocycles. The first kappa shape index (κ1) is 10.5. The summed E-state index contributed by atoms with van der Waals surface area (Å²) in [6, 6.07) is 7.93. The minimum absolute atomic E-state index is 0.809. The summed E-state index contributed by atoms with van der Waals surface area (Å²) in [6.45, 7) is 2.03. The van der Waals surface area contributed by atoms with Gasteiger partial charge in [0.25, 0.3) is 0 Å². The molecule has 0 aliphatic rings. The van der Waals surface area contributed by atoms with Crippen LogP contribution in [0.1, 0.15) is 10.7 Å². The molecular formula is C11H12N2S2. The molecule has 0 amide bonds. The van der Waals surface area contributed by atoms with Crippen LogP contribution in [0, 0.1) is 6.92 Å². The molecule has 0 unspecified atom stereocenters. The zero-order chi connectivity index (χ0) is 10.7. The van der Waals surface area contributed by atoms with Crippen molar-refractivity contribution >= 4 is 28.8 Å². The number of nitrogen functional groups attached to an aromatic ring is 1. The molecule has 1 aromatic heterocycles. The van der Waals surface area contributed by atoms with E-state index < -0.39 is 0 Å². The monoisotopic (exact) mass is 236 g/mol. The van der Waals surface area contributed by atoms with Crippen LogP contribution in [0.25, 0.3) is 0 Å². The van der Waals surface area contributed by atoms with Gasteiger partial charge in [0.05, 0.1) is 10.7 Å². The Bertz CT molecular complexity index is 434. The number of nitrogens with zero attached hydrogens (tertiary/aromatic N) is 1. The molecule has 0 radical (unpaired) electrons. The molecular weight excluding hydrogens is 224 g/mol. The number of aryl methyl sites for hydroxylation is 1. The molecule has 0 aliphatic carbocycles. The van der Waals surface area contributed by atoms with Gasteiger partial charge in [0.1, 0.15) is 0 Å². The number of anilines is 1. The lowest BCUT2D eigenvalue weighted by Gasteiger charge is -1.99. The first-order valence-electron chi connectivity index (χ1n) is 4.63. The van der Waals surface area contributed by atoms with Crippen LogP contribution >= 0.6 is 23.1 Å². The summed E-state index contributed by atoms with van der Waals surface area (Å²) in [5, 5.41) is 3.24. The van der Waals surface area contributed by atoms with Crippen LogP contribution in [0.4, 0.5) is 5.69 Å². The largest absolute Gasteiger partial charge is 0.399 e. The van der Waals surface area contributed by atoms with Crippen molar-refractivity contribution in [2.75, 3.05) is 5.73 Å². The number of rotatable bonds is 3. The number of thioether (sulfide) groups is 1. The fourth-order valence-electron chi connectivity index (χ4n) is 1.20. The molecule has 0 spiro atoms. The van der Waals surface area contributed by atoms with Gasteiger partial charge < -0.3 is 5.73 Å². The second-order valence-corrected chi connectivity index (χ2v) is 5.33. The van der Waals surface area contributed by atoms with Crippen molar-refractivity contribution in [3.63, 3.8) is 0 Å². The Morgan fingerprint density at radius 1 is 1.33 bits per heavy atom. The molecule has 0 fully saturated rings. The van der Waals surface area contributed by atoms with Crippen molar-refractivity contribution in [2.45, 2.75) is 17.6 Å². The lowest BCUT2D eigenvalue weighted by molar-refractivity contribution is 1.18. The molecule has 2 rings (SSSR count). The third kappa shape index (κ3) is 2.97. The summed E-state index contributed by atoms with van der Waals surface area (Å²) < 4.78 is 0. The second kappa shape index (κ2) is 4.68. The Kier molecular flexibility index (Phi) is 3.28. The smallest absolute Gasteiger partial charge is 0.0897 e. The molecule has 2 N–H and O–H groups in total. The number of hydrogen-bond acceptors (Lipinski definition) is 4. The van der Waals surface area contributed by atoms with Crippen LogP contribution in [0.15, 0.2) is 34.5 Å². The summed E-state index contributed by atoms with van der Waals surface area (Å²) in [5.74, 6) is 0.925. The normalized spacial score (nSPS) is 10.5. The molecule has 0 saturated heterocycles. The highest BCUT2D eigenvalue weighted by Crippen LogP contribution is 2.24. The fraction of sp³-hybridized carbons (Fsp3) is 0.182. The number of thiazole rings is 1. The average molecular weight is 236 g/mol. The molecule has 0 saturated carbocycles. The van der Waals surface area contributed by atoms with E-state index in [9.17, 15) is 0 Å². The van der Waals surface area contributed by atoms with Gasteiger partial charge in [0, 0.05) is 21.7 Å². The van der Waals surface area contributed by atoms with E-state index >= 15 is 0 Å². The molecule has 0 bridgehead atoms. The minimum Gasteiger partial charge on any atom is -0.399 e. The van der Waals surface area contributed by atoms with E-state index in [2.05, 4.69) is 10.4 Å². The van der Waals surface area contributed by atoms with Gasteiger partial charge in [0.2, 0.25) is 0 Å². The maximum Gasteiger partial charge on any atom is 0.0897 e. The van der Waals surface area contributed by atoms with Gasteiger partial charge in [0.15, 0.2) is 0 Å². The Morgan fingerprint density at radius 3 is 2.67 bits per heavy atom. The Hall–Kier alpha value is -1.00. The maximum atomic E-state index is 5.62. The quantitative estimate of drug-likeness (QED) is 0.656. The van der Waals surface area contributed by atoms with Gasteiger partial charge in [-0.15, -0.1) is 23.1 Å². The van der Waals surface area contributed by atoms with E-state index in [0.717, 1.165) is 22.1 Å². The van der Waals surface area contributed by atoms with Crippen molar-refractivity contribution in [1.29, 1.82) is 0 Å². The Labute approximate surface area is 97.5 Å². The van der Waals surface area contributed by atoms with Gasteiger partial charge in [-0.3, -0.25) is 0 Å². The van der Waals surface area contributed by atoms with E-state index in [1.165, 1.54) is 4.90 Å². The molecule has 0 aliphatic heterocycles. The number of aromatic nitrogens is 1. The third-order valence-corrected chi connectivity index (χ3v) is 3.80. The zero-order valence-electron chi connectivity index (χ0n) is 8.43. The molecule has 1 heterocycles. The molecule has 0 atom stereocenters. The second-order valence-electron chi connectivity index (χ2n) is 3.22. The highest BCUT2D eigenvalue weighted by atomic mass is 32.2. The van der Waals surface area contributed by atoms with Gasteiger partial charge >= 0.3 is 0 Å². The predicted molar refractivity (Wildman–Crippen MR) is 67.3 cm³/mol. The molecule has 2 aromatic rings. The number of benzene rings is 1. The van der Waals surface area contributed by atoms with Crippen LogP contribution in [-0.2, 0) is 5.75 Å². The van der Waals surface area contributed by atoms with E-state index in [-0.39, 0.29) is 0 Å². The fourth-order valence-corrected chi connectivity index (χ4v) is 2.70. The van der Waals surface area contributed by atoms with Gasteiger partial charge in [-0.2, -0.15) is 0 Å². The number of hydrogen-bond donors (Lipinski definition) is 1. The van der Waals surface area contributed by atoms with E-state index in [1.807, 2.05) is 31.2 Å². The summed E-state index contributed by atoms with van der Waals surface area (Å²) in [4.78, 5) is 5.65.